The van der Waals surface area contributed by atoms with Crippen molar-refractivity contribution in [1.82, 2.24) is 4.72 Å². The maximum Gasteiger partial charge on any atom is 0.307 e. The summed E-state index contributed by atoms with van der Waals surface area (Å²) in [5, 5.41) is 19.4. The number of carboxylic acids is 1. The van der Waals surface area contributed by atoms with Crippen LogP contribution in [0.1, 0.15) is 13.3 Å². The molecule has 21 heavy (non-hydrogen) atoms. The minimum absolute atomic E-state index is 0.210. The number of aliphatic carboxylic acids is 1. The molecule has 0 aliphatic rings. The van der Waals surface area contributed by atoms with Crippen LogP contribution in [0.2, 0.25) is 0 Å². The Hall–Kier alpha value is -2.07. The monoisotopic (exact) mass is 320 g/mol. The quantitative estimate of drug-likeness (QED) is 0.572. The molecule has 1 aromatic carbocycles. The van der Waals surface area contributed by atoms with Crippen molar-refractivity contribution >= 4 is 21.7 Å². The van der Waals surface area contributed by atoms with Crippen LogP contribution in [0.15, 0.2) is 23.1 Å². The number of nitro groups is 1. The average Bonchev–Trinajstić information content (AvgIpc) is 2.38. The summed E-state index contributed by atoms with van der Waals surface area (Å²) >= 11 is 0. The normalized spacial score (nSPS) is 12.9. The number of rotatable bonds is 7. The lowest BCUT2D eigenvalue weighted by Crippen LogP contribution is -2.32. The van der Waals surface area contributed by atoms with E-state index in [4.69, 9.17) is 5.11 Å². The molecule has 2 N–H and O–H groups in total. The van der Waals surface area contributed by atoms with E-state index in [9.17, 15) is 27.7 Å². The van der Waals surface area contributed by atoms with E-state index < -0.39 is 43.2 Å². The molecule has 0 aliphatic carbocycles. The molecule has 0 aliphatic heterocycles. The molecule has 0 amide bonds. The fraction of sp³-hybridized carbons (Fsp3) is 0.364. The fourth-order valence-corrected chi connectivity index (χ4v) is 2.60. The first-order valence-corrected chi connectivity index (χ1v) is 7.33. The number of carboxylic acid groups (broad SMARTS) is 1. The van der Waals surface area contributed by atoms with Crippen molar-refractivity contribution < 1.29 is 27.6 Å². The van der Waals surface area contributed by atoms with Crippen LogP contribution in [-0.4, -0.2) is 31.0 Å². The number of hydrogen-bond acceptors (Lipinski definition) is 5. The zero-order valence-corrected chi connectivity index (χ0v) is 11.8. The van der Waals surface area contributed by atoms with E-state index >= 15 is 0 Å². The Kier molecular flexibility index (Phi) is 5.33. The van der Waals surface area contributed by atoms with Crippen LogP contribution in [-0.2, 0) is 14.8 Å². The highest BCUT2D eigenvalue weighted by molar-refractivity contribution is 7.89. The molecular formula is C11H13FN2O6S. The largest absolute Gasteiger partial charge is 0.481 e. The van der Waals surface area contributed by atoms with Crippen LogP contribution in [0.4, 0.5) is 10.1 Å². The Bertz CT molecular complexity index is 661. The number of halogens is 1. The van der Waals surface area contributed by atoms with Gasteiger partial charge in [0.1, 0.15) is 0 Å². The van der Waals surface area contributed by atoms with Crippen molar-refractivity contribution in [3.63, 3.8) is 0 Å². The van der Waals surface area contributed by atoms with Gasteiger partial charge in [-0.3, -0.25) is 14.9 Å². The average molecular weight is 320 g/mol. The van der Waals surface area contributed by atoms with Crippen molar-refractivity contribution in [1.29, 1.82) is 0 Å². The first-order chi connectivity index (χ1) is 9.69. The molecule has 0 spiro atoms. The van der Waals surface area contributed by atoms with Crippen molar-refractivity contribution in [3.05, 3.63) is 34.1 Å². The Morgan fingerprint density at radius 2 is 2.14 bits per heavy atom. The third kappa shape index (κ3) is 4.20. The Morgan fingerprint density at radius 1 is 1.52 bits per heavy atom. The lowest BCUT2D eigenvalue weighted by molar-refractivity contribution is -0.387. The Morgan fingerprint density at radius 3 is 2.62 bits per heavy atom. The van der Waals surface area contributed by atoms with E-state index in [-0.39, 0.29) is 13.0 Å². The van der Waals surface area contributed by atoms with Gasteiger partial charge in [0.2, 0.25) is 15.8 Å². The van der Waals surface area contributed by atoms with E-state index in [1.807, 2.05) is 4.72 Å². The van der Waals surface area contributed by atoms with E-state index in [2.05, 4.69) is 0 Å². The van der Waals surface area contributed by atoms with Crippen molar-refractivity contribution in [2.24, 2.45) is 5.92 Å². The molecule has 1 aromatic rings. The van der Waals surface area contributed by atoms with Gasteiger partial charge in [-0.25, -0.2) is 13.1 Å². The third-order valence-corrected chi connectivity index (χ3v) is 4.21. The summed E-state index contributed by atoms with van der Waals surface area (Å²) in [4.78, 5) is 19.8. The summed E-state index contributed by atoms with van der Waals surface area (Å²) in [6.45, 7) is 1.22. The fourth-order valence-electron chi connectivity index (χ4n) is 1.50. The smallest absolute Gasteiger partial charge is 0.307 e. The molecule has 0 heterocycles. The molecule has 0 radical (unpaired) electrons. The van der Waals surface area contributed by atoms with Crippen LogP contribution < -0.4 is 4.72 Å². The van der Waals surface area contributed by atoms with E-state index in [1.165, 1.54) is 0 Å². The maximum atomic E-state index is 13.1. The van der Waals surface area contributed by atoms with Gasteiger partial charge in [-0.2, -0.15) is 4.39 Å². The number of benzene rings is 1. The minimum Gasteiger partial charge on any atom is -0.481 e. The second-order valence-corrected chi connectivity index (χ2v) is 5.93. The van der Waals surface area contributed by atoms with E-state index in [1.54, 1.807) is 6.92 Å². The lowest BCUT2D eigenvalue weighted by atomic mass is 10.1. The highest BCUT2D eigenvalue weighted by Crippen LogP contribution is 2.21. The van der Waals surface area contributed by atoms with Gasteiger partial charge in [-0.05, 0) is 18.6 Å². The summed E-state index contributed by atoms with van der Waals surface area (Å²) < 4.78 is 39.0. The van der Waals surface area contributed by atoms with Gasteiger partial charge in [0.25, 0.3) is 0 Å². The van der Waals surface area contributed by atoms with Crippen LogP contribution in [0, 0.1) is 21.8 Å². The molecule has 0 fully saturated rings. The highest BCUT2D eigenvalue weighted by atomic mass is 32.2. The summed E-state index contributed by atoms with van der Waals surface area (Å²) in [6, 6.07) is 2.12. The first-order valence-electron chi connectivity index (χ1n) is 5.85. The second-order valence-electron chi connectivity index (χ2n) is 4.17. The van der Waals surface area contributed by atoms with Crippen LogP contribution in [0.5, 0.6) is 0 Å². The Labute approximate surface area is 119 Å². The number of sulfonamides is 1. The van der Waals surface area contributed by atoms with Gasteiger partial charge in [0.15, 0.2) is 0 Å². The molecule has 0 aromatic heterocycles. The second kappa shape index (κ2) is 6.59. The number of hydrogen-bond donors (Lipinski definition) is 2. The first kappa shape index (κ1) is 17.0. The van der Waals surface area contributed by atoms with Gasteiger partial charge in [-0.1, -0.05) is 6.92 Å². The van der Waals surface area contributed by atoms with E-state index in [0.29, 0.717) is 12.1 Å². The van der Waals surface area contributed by atoms with Crippen LogP contribution in [0.25, 0.3) is 0 Å². The van der Waals surface area contributed by atoms with Crippen LogP contribution >= 0.6 is 0 Å². The van der Waals surface area contributed by atoms with Crippen molar-refractivity contribution in [2.45, 2.75) is 18.2 Å². The minimum atomic E-state index is -4.16. The third-order valence-electron chi connectivity index (χ3n) is 2.79. The zero-order chi connectivity index (χ0) is 16.2. The highest BCUT2D eigenvalue weighted by Gasteiger charge is 2.23. The zero-order valence-electron chi connectivity index (χ0n) is 10.9. The van der Waals surface area contributed by atoms with Crippen molar-refractivity contribution in [2.75, 3.05) is 6.54 Å². The molecule has 1 rings (SSSR count). The summed E-state index contributed by atoms with van der Waals surface area (Å²) in [5.41, 5.74) is -0.969. The van der Waals surface area contributed by atoms with Gasteiger partial charge < -0.3 is 5.11 Å². The SMILES string of the molecule is CCC(CNS(=O)(=O)c1ccc(F)c([N+](=O)[O-])c1)C(=O)O. The van der Waals surface area contributed by atoms with Gasteiger partial charge >= 0.3 is 11.7 Å². The molecule has 116 valence electrons. The molecule has 0 bridgehead atoms. The molecule has 10 heteroatoms. The lowest BCUT2D eigenvalue weighted by Gasteiger charge is -2.11. The predicted molar refractivity (Wildman–Crippen MR) is 69.7 cm³/mol. The Balaban J connectivity index is 3.01. The molecule has 0 saturated carbocycles. The van der Waals surface area contributed by atoms with Gasteiger partial charge in [0.05, 0.1) is 15.7 Å². The summed E-state index contributed by atoms with van der Waals surface area (Å²) in [6.07, 6.45) is 0.210. The van der Waals surface area contributed by atoms with Gasteiger partial charge in [-0.15, -0.1) is 0 Å². The molecule has 8 nitrogen and oxygen atoms in total. The van der Waals surface area contributed by atoms with E-state index in [0.717, 1.165) is 6.07 Å². The number of nitro benzene ring substituents is 1. The standard InChI is InChI=1S/C11H13FN2O6S/c1-2-7(11(15)16)6-13-21(19,20)8-3-4-9(12)10(5-8)14(17)18/h3-5,7,13H,2,6H2,1H3,(H,15,16). The van der Waals surface area contributed by atoms with Crippen molar-refractivity contribution in [3.8, 4) is 0 Å². The summed E-state index contributed by atoms with van der Waals surface area (Å²) in [5.74, 6) is -3.24. The number of nitrogens with one attached hydrogen (secondary N) is 1. The topological polar surface area (TPSA) is 127 Å². The maximum absolute atomic E-state index is 13.1. The molecule has 1 unspecified atom stereocenters. The molecular weight excluding hydrogens is 307 g/mol. The molecule has 0 saturated heterocycles. The summed E-state index contributed by atoms with van der Waals surface area (Å²) in [7, 11) is -4.16. The van der Waals surface area contributed by atoms with Gasteiger partial charge in [0, 0.05) is 12.6 Å². The number of carbonyl (C=O) groups is 1. The number of nitrogens with zero attached hydrogens (tertiary/aromatic N) is 1. The molecule has 1 atom stereocenters. The van der Waals surface area contributed by atoms with Crippen LogP contribution in [0.3, 0.4) is 0 Å². The predicted octanol–water partition coefficient (Wildman–Crippen LogP) is 1.12.